The lowest BCUT2D eigenvalue weighted by molar-refractivity contribution is 0.0536. The summed E-state index contributed by atoms with van der Waals surface area (Å²) in [7, 11) is 1.56. The lowest BCUT2D eigenvalue weighted by Crippen LogP contribution is -2.50. The summed E-state index contributed by atoms with van der Waals surface area (Å²) in [6.07, 6.45) is -0.984. The molecule has 218 valence electrons. The van der Waals surface area contributed by atoms with Crippen LogP contribution in [0.4, 0.5) is 32.3 Å². The number of hydrogen-bond acceptors (Lipinski definition) is 7. The van der Waals surface area contributed by atoms with E-state index in [1.807, 2.05) is 43.3 Å². The molecule has 0 saturated carbocycles. The van der Waals surface area contributed by atoms with Crippen LogP contribution in [0.2, 0.25) is 5.02 Å². The van der Waals surface area contributed by atoms with Gasteiger partial charge in [-0.05, 0) is 61.0 Å². The van der Waals surface area contributed by atoms with Crippen molar-refractivity contribution in [3.63, 3.8) is 0 Å². The van der Waals surface area contributed by atoms with Gasteiger partial charge in [-0.15, -0.1) is 0 Å². The van der Waals surface area contributed by atoms with Gasteiger partial charge in [0.1, 0.15) is 24.2 Å². The molecule has 11 nitrogen and oxygen atoms in total. The number of benzene rings is 3. The SMILES string of the molecule is COc1ccc(C)cc1NC(=O)Nc1ccc(N2CCN(C(=O)Nc3ccc(OCC(O)CO)cc3Cl)CC2)cc1. The third kappa shape index (κ3) is 8.16. The first-order valence-corrected chi connectivity index (χ1v) is 13.5. The third-order valence-electron chi connectivity index (χ3n) is 6.50. The Morgan fingerprint density at radius 2 is 1.68 bits per heavy atom. The largest absolute Gasteiger partial charge is 0.495 e. The van der Waals surface area contributed by atoms with Gasteiger partial charge in [0, 0.05) is 43.6 Å². The van der Waals surface area contributed by atoms with Crippen LogP contribution in [0, 0.1) is 6.92 Å². The number of carbonyl (C=O) groups excluding carboxylic acids is 2. The smallest absolute Gasteiger partial charge is 0.323 e. The summed E-state index contributed by atoms with van der Waals surface area (Å²) < 4.78 is 10.7. The monoisotopic (exact) mass is 583 g/mol. The number of rotatable bonds is 9. The van der Waals surface area contributed by atoms with Crippen molar-refractivity contribution in [3.05, 3.63) is 71.2 Å². The van der Waals surface area contributed by atoms with Crippen LogP contribution >= 0.6 is 11.6 Å². The molecule has 0 aromatic heterocycles. The molecule has 1 atom stereocenters. The molecule has 12 heteroatoms. The van der Waals surface area contributed by atoms with Gasteiger partial charge in [-0.25, -0.2) is 9.59 Å². The fraction of sp³-hybridized carbons (Fsp3) is 0.310. The number of carbonyl (C=O) groups is 2. The van der Waals surface area contributed by atoms with Gasteiger partial charge >= 0.3 is 12.1 Å². The first-order valence-electron chi connectivity index (χ1n) is 13.1. The van der Waals surface area contributed by atoms with Crippen LogP contribution < -0.4 is 30.3 Å². The number of piperazine rings is 1. The van der Waals surface area contributed by atoms with E-state index in [2.05, 4.69) is 20.9 Å². The lowest BCUT2D eigenvalue weighted by Gasteiger charge is -2.36. The number of halogens is 1. The number of anilines is 4. The first kappa shape index (κ1) is 29.8. The second kappa shape index (κ2) is 13.9. The van der Waals surface area contributed by atoms with Crippen LogP contribution in [-0.2, 0) is 0 Å². The van der Waals surface area contributed by atoms with E-state index < -0.39 is 12.7 Å². The van der Waals surface area contributed by atoms with E-state index in [0.717, 1.165) is 11.3 Å². The summed E-state index contributed by atoms with van der Waals surface area (Å²) >= 11 is 6.30. The van der Waals surface area contributed by atoms with Gasteiger partial charge in [-0.2, -0.15) is 0 Å². The second-order valence-corrected chi connectivity index (χ2v) is 9.93. The molecule has 0 aliphatic carbocycles. The zero-order valence-corrected chi connectivity index (χ0v) is 23.6. The van der Waals surface area contributed by atoms with Gasteiger partial charge in [0.25, 0.3) is 0 Å². The van der Waals surface area contributed by atoms with Crippen molar-refractivity contribution < 1.29 is 29.3 Å². The lowest BCUT2D eigenvalue weighted by atomic mass is 10.2. The molecular formula is C29H34ClN5O6. The van der Waals surface area contributed by atoms with Crippen LogP contribution in [0.15, 0.2) is 60.7 Å². The summed E-state index contributed by atoms with van der Waals surface area (Å²) in [6, 6.07) is 17.3. The summed E-state index contributed by atoms with van der Waals surface area (Å²) in [6.45, 7) is 3.79. The van der Waals surface area contributed by atoms with Crippen molar-refractivity contribution in [3.8, 4) is 11.5 Å². The van der Waals surface area contributed by atoms with Crippen molar-refractivity contribution >= 4 is 46.4 Å². The van der Waals surface area contributed by atoms with Crippen molar-refractivity contribution in [1.82, 2.24) is 4.90 Å². The topological polar surface area (TPSA) is 136 Å². The van der Waals surface area contributed by atoms with Gasteiger partial charge in [0.15, 0.2) is 0 Å². The Morgan fingerprint density at radius 3 is 2.34 bits per heavy atom. The molecule has 1 saturated heterocycles. The van der Waals surface area contributed by atoms with Gasteiger partial charge in [0.2, 0.25) is 0 Å². The number of aliphatic hydroxyl groups excluding tert-OH is 2. The van der Waals surface area contributed by atoms with E-state index in [0.29, 0.717) is 59.8 Å². The van der Waals surface area contributed by atoms with Gasteiger partial charge in [-0.3, -0.25) is 0 Å². The molecule has 0 radical (unpaired) electrons. The summed E-state index contributed by atoms with van der Waals surface area (Å²) in [5.41, 5.74) is 3.67. The Bertz CT molecular complexity index is 1350. The van der Waals surface area contributed by atoms with Crippen molar-refractivity contribution in [2.75, 3.05) is 67.4 Å². The average Bonchev–Trinajstić information content (AvgIpc) is 2.97. The average molecular weight is 584 g/mol. The third-order valence-corrected chi connectivity index (χ3v) is 6.81. The van der Waals surface area contributed by atoms with Gasteiger partial charge in [0.05, 0.1) is 30.1 Å². The maximum atomic E-state index is 12.8. The van der Waals surface area contributed by atoms with E-state index in [-0.39, 0.29) is 18.7 Å². The maximum absolute atomic E-state index is 12.8. The zero-order valence-electron chi connectivity index (χ0n) is 22.9. The van der Waals surface area contributed by atoms with Gasteiger partial charge < -0.3 is 45.4 Å². The van der Waals surface area contributed by atoms with Crippen LogP contribution in [-0.4, -0.2) is 79.8 Å². The minimum absolute atomic E-state index is 0.0684. The number of nitrogens with one attached hydrogen (secondary N) is 3. The number of aryl methyl sites for hydroxylation is 1. The van der Waals surface area contributed by atoms with E-state index >= 15 is 0 Å². The zero-order chi connectivity index (χ0) is 29.4. The Hall–Kier alpha value is -4.19. The molecule has 1 fully saturated rings. The number of urea groups is 2. The standard InChI is InChI=1S/C29H34ClN5O6/c1-19-3-10-27(40-2)26(15-19)32-28(38)31-20-4-6-21(7-5-20)34-11-13-35(14-12-34)29(39)33-25-9-8-23(16-24(25)30)41-18-22(37)17-36/h3-10,15-16,22,36-37H,11-14,17-18H2,1-2H3,(H,33,39)(H2,31,32,38). The number of nitrogens with zero attached hydrogens (tertiary/aromatic N) is 2. The number of aliphatic hydroxyl groups is 2. The molecule has 0 spiro atoms. The highest BCUT2D eigenvalue weighted by Gasteiger charge is 2.22. The molecule has 1 unspecified atom stereocenters. The Balaban J connectivity index is 1.25. The quantitative estimate of drug-likeness (QED) is 0.252. The number of amides is 4. The molecule has 3 aromatic rings. The fourth-order valence-corrected chi connectivity index (χ4v) is 4.47. The minimum atomic E-state index is -0.984. The fourth-order valence-electron chi connectivity index (χ4n) is 4.25. The molecule has 1 heterocycles. The highest BCUT2D eigenvalue weighted by atomic mass is 35.5. The first-order chi connectivity index (χ1) is 19.7. The molecule has 1 aliphatic heterocycles. The van der Waals surface area contributed by atoms with Crippen LogP contribution in [0.1, 0.15) is 5.56 Å². The molecule has 41 heavy (non-hydrogen) atoms. The molecular weight excluding hydrogens is 550 g/mol. The molecule has 4 amide bonds. The van der Waals surface area contributed by atoms with E-state index in [4.69, 9.17) is 26.2 Å². The van der Waals surface area contributed by atoms with Crippen LogP contribution in [0.3, 0.4) is 0 Å². The molecule has 0 bridgehead atoms. The number of ether oxygens (including phenoxy) is 2. The van der Waals surface area contributed by atoms with Gasteiger partial charge in [-0.1, -0.05) is 17.7 Å². The molecule has 4 rings (SSSR count). The maximum Gasteiger partial charge on any atom is 0.323 e. The number of methoxy groups -OCH3 is 1. The van der Waals surface area contributed by atoms with E-state index in [1.165, 1.54) is 0 Å². The van der Waals surface area contributed by atoms with Crippen molar-refractivity contribution in [1.29, 1.82) is 0 Å². The Morgan fingerprint density at radius 1 is 0.951 bits per heavy atom. The van der Waals surface area contributed by atoms with Crippen LogP contribution in [0.5, 0.6) is 11.5 Å². The highest BCUT2D eigenvalue weighted by molar-refractivity contribution is 6.33. The summed E-state index contributed by atoms with van der Waals surface area (Å²) in [5.74, 6) is 0.999. The van der Waals surface area contributed by atoms with Crippen molar-refractivity contribution in [2.45, 2.75) is 13.0 Å². The predicted molar refractivity (Wildman–Crippen MR) is 160 cm³/mol. The molecule has 1 aliphatic rings. The minimum Gasteiger partial charge on any atom is -0.495 e. The Kier molecular flexibility index (Phi) is 10.1. The normalized spacial score (nSPS) is 13.8. The second-order valence-electron chi connectivity index (χ2n) is 9.52. The summed E-state index contributed by atoms with van der Waals surface area (Å²) in [4.78, 5) is 29.2. The molecule has 5 N–H and O–H groups in total. The van der Waals surface area contributed by atoms with Crippen LogP contribution in [0.25, 0.3) is 0 Å². The predicted octanol–water partition coefficient (Wildman–Crippen LogP) is 4.39. The van der Waals surface area contributed by atoms with E-state index in [1.54, 1.807) is 36.3 Å². The Labute approximate surface area is 243 Å². The molecule has 3 aromatic carbocycles. The van der Waals surface area contributed by atoms with E-state index in [9.17, 15) is 14.7 Å². The van der Waals surface area contributed by atoms with Crippen molar-refractivity contribution in [2.24, 2.45) is 0 Å². The number of hydrogen-bond donors (Lipinski definition) is 5. The highest BCUT2D eigenvalue weighted by Crippen LogP contribution is 2.28. The summed E-state index contributed by atoms with van der Waals surface area (Å²) in [5, 5.41) is 27.1.